The maximum atomic E-state index is 13.9. The summed E-state index contributed by atoms with van der Waals surface area (Å²) in [5.74, 6) is -0.186. The first kappa shape index (κ1) is 19.2. The van der Waals surface area contributed by atoms with Gasteiger partial charge in [0, 0.05) is 37.8 Å². The lowest BCUT2D eigenvalue weighted by Crippen LogP contribution is -2.51. The molecule has 2 amide bonds. The lowest BCUT2D eigenvalue weighted by atomic mass is 9.72. The first-order chi connectivity index (χ1) is 14.6. The number of nitrogens with one attached hydrogen (secondary N) is 1. The fraction of sp³-hybridized carbons (Fsp3) is 0.435. The Hall–Kier alpha value is -2.77. The Bertz CT molecular complexity index is 973. The van der Waals surface area contributed by atoms with Crippen molar-refractivity contribution in [2.24, 2.45) is 5.41 Å². The van der Waals surface area contributed by atoms with Gasteiger partial charge in [0.25, 0.3) is 0 Å². The fourth-order valence-corrected chi connectivity index (χ4v) is 5.41. The first-order valence-corrected chi connectivity index (χ1v) is 10.4. The summed E-state index contributed by atoms with van der Waals surface area (Å²) >= 11 is 0. The van der Waals surface area contributed by atoms with Gasteiger partial charge in [-0.15, -0.1) is 0 Å². The number of carbonyl (C=O) groups excluding carboxylic acids is 2. The standard InChI is InChI=1S/C23H25N3O4/c27-15-22(8-12-30-13-9-22)21(29)26-11-7-23(19(26)16-4-3-10-24-14-16)17-5-1-2-6-18(17)25-20(23)28/h1-6,10,14,19,27H,7-9,11-13,15H2,(H,25,28). The van der Waals surface area contributed by atoms with Crippen molar-refractivity contribution in [1.29, 1.82) is 0 Å². The Kier molecular flexibility index (Phi) is 4.60. The normalized spacial score (nSPS) is 27.2. The number of likely N-dealkylation sites (tertiary alicyclic amines) is 1. The number of aliphatic hydroxyl groups excluding tert-OH is 1. The van der Waals surface area contributed by atoms with Crippen LogP contribution < -0.4 is 5.32 Å². The average molecular weight is 407 g/mol. The van der Waals surface area contributed by atoms with E-state index in [0.29, 0.717) is 39.0 Å². The molecule has 5 rings (SSSR count). The number of aliphatic hydroxyl groups is 1. The molecule has 4 heterocycles. The zero-order valence-electron chi connectivity index (χ0n) is 16.7. The number of para-hydroxylation sites is 1. The molecule has 156 valence electrons. The van der Waals surface area contributed by atoms with E-state index in [4.69, 9.17) is 4.74 Å². The topological polar surface area (TPSA) is 91.8 Å². The molecule has 7 nitrogen and oxygen atoms in total. The van der Waals surface area contributed by atoms with Gasteiger partial charge < -0.3 is 20.1 Å². The van der Waals surface area contributed by atoms with Gasteiger partial charge in [0.05, 0.1) is 18.1 Å². The van der Waals surface area contributed by atoms with Crippen LogP contribution in [0.5, 0.6) is 0 Å². The van der Waals surface area contributed by atoms with Gasteiger partial charge in [-0.3, -0.25) is 14.6 Å². The fourth-order valence-electron chi connectivity index (χ4n) is 5.41. The predicted molar refractivity (Wildman–Crippen MR) is 110 cm³/mol. The van der Waals surface area contributed by atoms with Gasteiger partial charge in [-0.05, 0) is 42.5 Å². The second kappa shape index (κ2) is 7.18. The Balaban J connectivity index is 1.63. The van der Waals surface area contributed by atoms with Gasteiger partial charge in [-0.1, -0.05) is 24.3 Å². The number of pyridine rings is 1. The molecule has 1 aromatic heterocycles. The lowest BCUT2D eigenvalue weighted by Gasteiger charge is -2.41. The van der Waals surface area contributed by atoms with Crippen molar-refractivity contribution in [3.8, 4) is 0 Å². The number of ether oxygens (including phenoxy) is 1. The molecule has 1 spiro atoms. The molecule has 1 aromatic carbocycles. The number of aromatic nitrogens is 1. The smallest absolute Gasteiger partial charge is 0.237 e. The number of nitrogens with zero attached hydrogens (tertiary/aromatic N) is 2. The average Bonchev–Trinajstić information content (AvgIpc) is 3.33. The second-order valence-corrected chi connectivity index (χ2v) is 8.46. The van der Waals surface area contributed by atoms with Crippen LogP contribution in [0, 0.1) is 5.41 Å². The Morgan fingerprint density at radius 1 is 1.20 bits per heavy atom. The van der Waals surface area contributed by atoms with E-state index >= 15 is 0 Å². The molecule has 2 aromatic rings. The summed E-state index contributed by atoms with van der Waals surface area (Å²) in [5, 5.41) is 13.2. The van der Waals surface area contributed by atoms with Crippen molar-refractivity contribution in [3.05, 3.63) is 59.9 Å². The number of hydrogen-bond donors (Lipinski definition) is 2. The quantitative estimate of drug-likeness (QED) is 0.812. The van der Waals surface area contributed by atoms with Gasteiger partial charge in [-0.2, -0.15) is 0 Å². The van der Waals surface area contributed by atoms with E-state index in [1.165, 1.54) is 0 Å². The van der Waals surface area contributed by atoms with E-state index in [-0.39, 0.29) is 18.4 Å². The number of fused-ring (bicyclic) bond motifs is 2. The number of amides is 2. The molecule has 2 unspecified atom stereocenters. The number of anilines is 1. The van der Waals surface area contributed by atoms with Crippen molar-refractivity contribution in [3.63, 3.8) is 0 Å². The third-order valence-corrected chi connectivity index (χ3v) is 7.05. The van der Waals surface area contributed by atoms with E-state index in [1.807, 2.05) is 36.4 Å². The van der Waals surface area contributed by atoms with Crippen LogP contribution in [0.2, 0.25) is 0 Å². The highest BCUT2D eigenvalue weighted by atomic mass is 16.5. The first-order valence-electron chi connectivity index (χ1n) is 10.4. The molecule has 2 N–H and O–H groups in total. The van der Waals surface area contributed by atoms with Crippen LogP contribution in [0.4, 0.5) is 5.69 Å². The minimum absolute atomic E-state index is 0.0853. The molecule has 30 heavy (non-hydrogen) atoms. The summed E-state index contributed by atoms with van der Waals surface area (Å²) in [6.07, 6.45) is 4.91. The van der Waals surface area contributed by atoms with E-state index in [0.717, 1.165) is 16.8 Å². The summed E-state index contributed by atoms with van der Waals surface area (Å²) in [5.41, 5.74) is 0.823. The van der Waals surface area contributed by atoms with Crippen molar-refractivity contribution in [2.45, 2.75) is 30.7 Å². The molecule has 0 aliphatic carbocycles. The van der Waals surface area contributed by atoms with Gasteiger partial charge >= 0.3 is 0 Å². The predicted octanol–water partition coefficient (Wildman–Crippen LogP) is 2.03. The van der Waals surface area contributed by atoms with Gasteiger partial charge in [0.15, 0.2) is 0 Å². The third kappa shape index (κ3) is 2.62. The highest BCUT2D eigenvalue weighted by molar-refractivity contribution is 6.07. The highest BCUT2D eigenvalue weighted by Gasteiger charge is 2.61. The Labute approximate surface area is 175 Å². The zero-order chi connectivity index (χ0) is 20.8. The van der Waals surface area contributed by atoms with Crippen molar-refractivity contribution < 1.29 is 19.4 Å². The maximum Gasteiger partial charge on any atom is 0.237 e. The summed E-state index contributed by atoms with van der Waals surface area (Å²) in [7, 11) is 0. The van der Waals surface area contributed by atoms with Crippen molar-refractivity contribution >= 4 is 17.5 Å². The van der Waals surface area contributed by atoms with E-state index in [1.54, 1.807) is 17.3 Å². The molecule has 7 heteroatoms. The SMILES string of the molecule is O=C(N1CCC2(C(=O)Nc3ccccc32)C1c1cccnc1)C1(CO)CCOCC1. The molecule has 2 saturated heterocycles. The molecular formula is C23H25N3O4. The summed E-state index contributed by atoms with van der Waals surface area (Å²) in [6.45, 7) is 1.13. The van der Waals surface area contributed by atoms with Gasteiger partial charge in [0.2, 0.25) is 11.8 Å². The molecule has 0 radical (unpaired) electrons. The molecule has 3 aliphatic heterocycles. The third-order valence-electron chi connectivity index (χ3n) is 7.05. The van der Waals surface area contributed by atoms with Gasteiger partial charge in [0.1, 0.15) is 5.41 Å². The Morgan fingerprint density at radius 3 is 2.73 bits per heavy atom. The van der Waals surface area contributed by atoms with Crippen LogP contribution in [0.1, 0.15) is 36.4 Å². The monoisotopic (exact) mass is 407 g/mol. The maximum absolute atomic E-state index is 13.9. The van der Waals surface area contributed by atoms with Crippen molar-refractivity contribution in [2.75, 3.05) is 31.7 Å². The molecule has 0 saturated carbocycles. The zero-order valence-corrected chi connectivity index (χ0v) is 16.7. The minimum atomic E-state index is -0.864. The number of carbonyl (C=O) groups is 2. The molecule has 2 atom stereocenters. The molecule has 3 aliphatic rings. The van der Waals surface area contributed by atoms with E-state index in [9.17, 15) is 14.7 Å². The number of benzene rings is 1. The van der Waals surface area contributed by atoms with Crippen molar-refractivity contribution in [1.82, 2.24) is 9.88 Å². The van der Waals surface area contributed by atoms with Crippen LogP contribution in [-0.4, -0.2) is 53.2 Å². The van der Waals surface area contributed by atoms with Crippen LogP contribution in [-0.2, 0) is 19.7 Å². The van der Waals surface area contributed by atoms with Crippen LogP contribution in [0.3, 0.4) is 0 Å². The summed E-state index contributed by atoms with van der Waals surface area (Å²) < 4.78 is 5.45. The molecule has 2 fully saturated rings. The van der Waals surface area contributed by atoms with Crippen LogP contribution in [0.25, 0.3) is 0 Å². The Morgan fingerprint density at radius 2 is 2.00 bits per heavy atom. The van der Waals surface area contributed by atoms with Gasteiger partial charge in [-0.25, -0.2) is 0 Å². The number of rotatable bonds is 3. The molecule has 0 bridgehead atoms. The second-order valence-electron chi connectivity index (χ2n) is 8.46. The largest absolute Gasteiger partial charge is 0.395 e. The summed E-state index contributed by atoms with van der Waals surface area (Å²) in [4.78, 5) is 33.3. The van der Waals surface area contributed by atoms with Crippen LogP contribution >= 0.6 is 0 Å². The van der Waals surface area contributed by atoms with E-state index in [2.05, 4.69) is 10.3 Å². The van der Waals surface area contributed by atoms with Crippen LogP contribution in [0.15, 0.2) is 48.8 Å². The minimum Gasteiger partial charge on any atom is -0.395 e. The summed E-state index contributed by atoms with van der Waals surface area (Å²) in [6, 6.07) is 11.0. The lowest BCUT2D eigenvalue weighted by molar-refractivity contribution is -0.153. The number of hydrogen-bond acceptors (Lipinski definition) is 5. The molecular weight excluding hydrogens is 382 g/mol. The van der Waals surface area contributed by atoms with E-state index < -0.39 is 16.9 Å². The highest BCUT2D eigenvalue weighted by Crippen LogP contribution is 2.55.